The van der Waals surface area contributed by atoms with Crippen LogP contribution in [0.1, 0.15) is 84.1 Å². The summed E-state index contributed by atoms with van der Waals surface area (Å²) in [4.78, 5) is 13.0. The molecule has 3 nitrogen and oxygen atoms in total. The number of allylic oxidation sites excluding steroid dienone is 2. The number of halogens is 1. The molecule has 190 valence electrons. The van der Waals surface area contributed by atoms with E-state index < -0.39 is 5.79 Å². The third kappa shape index (κ3) is 3.78. The van der Waals surface area contributed by atoms with Crippen LogP contribution in [0.4, 0.5) is 4.39 Å². The molecule has 4 heteroatoms. The molecule has 0 radical (unpaired) electrons. The molecule has 3 saturated carbocycles. The lowest BCUT2D eigenvalue weighted by atomic mass is 9.45. The first-order valence-electron chi connectivity index (χ1n) is 13.5. The van der Waals surface area contributed by atoms with Crippen LogP contribution in [0.15, 0.2) is 48.6 Å². The normalized spacial score (nSPS) is 42.4. The van der Waals surface area contributed by atoms with Gasteiger partial charge in [0.05, 0.1) is 6.61 Å². The van der Waals surface area contributed by atoms with E-state index in [0.29, 0.717) is 36.4 Å². The molecule has 1 N–H and O–H groups in total. The fourth-order valence-corrected chi connectivity index (χ4v) is 8.98. The van der Waals surface area contributed by atoms with Gasteiger partial charge < -0.3 is 9.84 Å². The summed E-state index contributed by atoms with van der Waals surface area (Å²) in [6.45, 7) is 10.9. The number of aliphatic hydroxyl groups is 1. The molecule has 0 heterocycles. The standard InChI is InChI=1S/C31H41FO3/c1-5-14-30(21(2)33)16-13-27-25-11-8-23-19-31(34,35-20-22-6-9-24(32)10-7-22)18-17-28(23,3)26(25)12-15-29(27,30)4/h5-10,25-27,34H,1,11-20H2,2-4H3/t25?,26?,27?,28-,29-,30-,31-/m0/s1. The average molecular weight is 481 g/mol. The zero-order chi connectivity index (χ0) is 25.1. The Labute approximate surface area is 209 Å². The molecule has 5 rings (SSSR count). The van der Waals surface area contributed by atoms with Gasteiger partial charge in [-0.1, -0.05) is 43.7 Å². The molecule has 3 unspecified atom stereocenters. The minimum Gasteiger partial charge on any atom is -0.365 e. The molecule has 1 aromatic carbocycles. The van der Waals surface area contributed by atoms with Gasteiger partial charge >= 0.3 is 0 Å². The predicted molar refractivity (Wildman–Crippen MR) is 136 cm³/mol. The maximum absolute atomic E-state index is 13.2. The Morgan fingerprint density at radius 3 is 2.54 bits per heavy atom. The van der Waals surface area contributed by atoms with Crippen molar-refractivity contribution < 1.29 is 19.0 Å². The molecule has 0 bridgehead atoms. The number of ketones is 1. The highest BCUT2D eigenvalue weighted by Crippen LogP contribution is 2.70. The van der Waals surface area contributed by atoms with Crippen LogP contribution in [-0.2, 0) is 16.1 Å². The van der Waals surface area contributed by atoms with Gasteiger partial charge in [-0.05, 0) is 98.1 Å². The monoisotopic (exact) mass is 480 g/mol. The highest BCUT2D eigenvalue weighted by atomic mass is 19.1. The maximum Gasteiger partial charge on any atom is 0.169 e. The number of ether oxygens (including phenoxy) is 1. The highest BCUT2D eigenvalue weighted by Gasteiger charge is 2.65. The minimum atomic E-state index is -1.17. The van der Waals surface area contributed by atoms with Gasteiger partial charge in [0.1, 0.15) is 11.6 Å². The molecule has 1 aromatic rings. The Bertz CT molecular complexity index is 1030. The lowest BCUT2D eigenvalue weighted by Gasteiger charge is -2.60. The summed E-state index contributed by atoms with van der Waals surface area (Å²) < 4.78 is 19.3. The van der Waals surface area contributed by atoms with Crippen LogP contribution in [0.2, 0.25) is 0 Å². The van der Waals surface area contributed by atoms with Crippen molar-refractivity contribution in [3.8, 4) is 0 Å². The van der Waals surface area contributed by atoms with Gasteiger partial charge in [-0.3, -0.25) is 4.79 Å². The van der Waals surface area contributed by atoms with E-state index in [9.17, 15) is 14.3 Å². The van der Waals surface area contributed by atoms with Gasteiger partial charge in [-0.15, -0.1) is 6.58 Å². The number of hydrogen-bond donors (Lipinski definition) is 1. The molecular formula is C31H41FO3. The Morgan fingerprint density at radius 2 is 1.86 bits per heavy atom. The second-order valence-electron chi connectivity index (χ2n) is 12.4. The fourth-order valence-electron chi connectivity index (χ4n) is 8.98. The molecule has 7 atom stereocenters. The summed E-state index contributed by atoms with van der Waals surface area (Å²) in [6, 6.07) is 6.29. The van der Waals surface area contributed by atoms with Crippen molar-refractivity contribution in [2.45, 2.75) is 91.0 Å². The fraction of sp³-hybridized carbons (Fsp3) is 0.645. The van der Waals surface area contributed by atoms with Gasteiger partial charge in [-0.2, -0.15) is 0 Å². The van der Waals surface area contributed by atoms with Crippen LogP contribution >= 0.6 is 0 Å². The quantitative estimate of drug-likeness (QED) is 0.347. The molecule has 3 fully saturated rings. The number of benzene rings is 1. The van der Waals surface area contributed by atoms with Gasteiger partial charge in [-0.25, -0.2) is 4.39 Å². The Morgan fingerprint density at radius 1 is 1.14 bits per heavy atom. The first kappa shape index (κ1) is 24.9. The van der Waals surface area contributed by atoms with E-state index in [4.69, 9.17) is 4.74 Å². The van der Waals surface area contributed by atoms with Crippen LogP contribution < -0.4 is 0 Å². The second kappa shape index (κ2) is 8.66. The number of carbonyl (C=O) groups excluding carboxylic acids is 1. The van der Waals surface area contributed by atoms with E-state index in [1.165, 1.54) is 17.7 Å². The van der Waals surface area contributed by atoms with Crippen LogP contribution in [-0.4, -0.2) is 16.7 Å². The van der Waals surface area contributed by atoms with Crippen LogP contribution in [0.25, 0.3) is 0 Å². The van der Waals surface area contributed by atoms with Crippen molar-refractivity contribution in [2.75, 3.05) is 0 Å². The number of carbonyl (C=O) groups is 1. The van der Waals surface area contributed by atoms with E-state index in [-0.39, 0.29) is 28.7 Å². The topological polar surface area (TPSA) is 46.5 Å². The van der Waals surface area contributed by atoms with Crippen molar-refractivity contribution in [1.29, 1.82) is 0 Å². The SMILES string of the molecule is C=CC[C@@]1(C(C)=O)CCC2C3CC=C4C[C@@](O)(OCc5ccc(F)cc5)CC[C@]4(C)C3CC[C@@]21C. The Kier molecular flexibility index (Phi) is 6.16. The van der Waals surface area contributed by atoms with Crippen molar-refractivity contribution >= 4 is 5.78 Å². The highest BCUT2D eigenvalue weighted by molar-refractivity contribution is 5.84. The first-order chi connectivity index (χ1) is 16.6. The molecule has 0 saturated heterocycles. The number of rotatable bonds is 6. The van der Waals surface area contributed by atoms with Crippen LogP contribution in [0.3, 0.4) is 0 Å². The number of Topliss-reactive ketones (excluding diaryl/α,β-unsaturated/α-hetero) is 1. The summed E-state index contributed by atoms with van der Waals surface area (Å²) in [6.07, 6.45) is 12.6. The first-order valence-corrected chi connectivity index (χ1v) is 13.5. The third-order valence-electron chi connectivity index (χ3n) is 11.1. The zero-order valence-electron chi connectivity index (χ0n) is 21.6. The summed E-state index contributed by atoms with van der Waals surface area (Å²) in [5.41, 5.74) is 2.08. The van der Waals surface area contributed by atoms with E-state index >= 15 is 0 Å². The van der Waals surface area contributed by atoms with Crippen LogP contribution in [0.5, 0.6) is 0 Å². The van der Waals surface area contributed by atoms with Crippen molar-refractivity contribution in [2.24, 2.45) is 34.0 Å². The Balaban J connectivity index is 1.35. The smallest absolute Gasteiger partial charge is 0.169 e. The van der Waals surface area contributed by atoms with Gasteiger partial charge in [0.2, 0.25) is 0 Å². The molecule has 4 aliphatic rings. The van der Waals surface area contributed by atoms with E-state index in [2.05, 4.69) is 26.5 Å². The summed E-state index contributed by atoms with van der Waals surface area (Å²) in [5, 5.41) is 11.3. The van der Waals surface area contributed by atoms with Gasteiger partial charge in [0.15, 0.2) is 5.79 Å². The van der Waals surface area contributed by atoms with E-state index in [0.717, 1.165) is 50.5 Å². The van der Waals surface area contributed by atoms with Crippen LogP contribution in [0, 0.1) is 39.8 Å². The molecule has 0 aromatic heterocycles. The molecule has 0 spiro atoms. The summed E-state index contributed by atoms with van der Waals surface area (Å²) in [5.74, 6) is 0.666. The number of hydrogen-bond acceptors (Lipinski definition) is 3. The average Bonchev–Trinajstić information content (AvgIpc) is 3.13. The summed E-state index contributed by atoms with van der Waals surface area (Å²) in [7, 11) is 0. The summed E-state index contributed by atoms with van der Waals surface area (Å²) >= 11 is 0. The molecular weight excluding hydrogens is 439 g/mol. The van der Waals surface area contributed by atoms with Crippen molar-refractivity contribution in [3.05, 3.63) is 60.0 Å². The van der Waals surface area contributed by atoms with E-state index in [1.54, 1.807) is 19.1 Å². The lowest BCUT2D eigenvalue weighted by molar-refractivity contribution is -0.231. The van der Waals surface area contributed by atoms with Gasteiger partial charge in [0, 0.05) is 18.3 Å². The largest absolute Gasteiger partial charge is 0.365 e. The van der Waals surface area contributed by atoms with Crippen molar-refractivity contribution in [3.63, 3.8) is 0 Å². The second-order valence-corrected chi connectivity index (χ2v) is 12.4. The Hall–Kier alpha value is -1.78. The van der Waals surface area contributed by atoms with E-state index in [1.807, 2.05) is 6.08 Å². The molecule has 0 amide bonds. The maximum atomic E-state index is 13.2. The van der Waals surface area contributed by atoms with Crippen molar-refractivity contribution in [1.82, 2.24) is 0 Å². The predicted octanol–water partition coefficient (Wildman–Crippen LogP) is 7.15. The third-order valence-corrected chi connectivity index (χ3v) is 11.1. The van der Waals surface area contributed by atoms with Gasteiger partial charge in [0.25, 0.3) is 0 Å². The molecule has 4 aliphatic carbocycles. The lowest BCUT2D eigenvalue weighted by Crippen LogP contribution is -2.55. The zero-order valence-corrected chi connectivity index (χ0v) is 21.6. The molecule has 0 aliphatic heterocycles. The minimum absolute atomic E-state index is 0.0452. The number of fused-ring (bicyclic) bond motifs is 5. The molecule has 35 heavy (non-hydrogen) atoms.